The van der Waals surface area contributed by atoms with Crippen molar-refractivity contribution >= 4 is 23.5 Å². The molecule has 1 aromatic heterocycles. The van der Waals surface area contributed by atoms with E-state index in [1.807, 2.05) is 39.1 Å². The number of nitrogens with two attached hydrogens (primary N) is 2. The number of rotatable bonds is 5. The van der Waals surface area contributed by atoms with E-state index in [4.69, 9.17) is 11.5 Å². The second-order valence-corrected chi connectivity index (χ2v) is 5.57. The van der Waals surface area contributed by atoms with Crippen molar-refractivity contribution in [1.82, 2.24) is 15.0 Å². The fourth-order valence-corrected chi connectivity index (χ4v) is 2.22. The summed E-state index contributed by atoms with van der Waals surface area (Å²) < 4.78 is 0. The minimum absolute atomic E-state index is 0.0776. The van der Waals surface area contributed by atoms with Gasteiger partial charge < -0.3 is 21.7 Å². The predicted octanol–water partition coefficient (Wildman–Crippen LogP) is -0.694. The molecule has 0 saturated heterocycles. The van der Waals surface area contributed by atoms with Crippen LogP contribution in [0.4, 0.5) is 17.6 Å². The van der Waals surface area contributed by atoms with Crippen LogP contribution in [0.1, 0.15) is 17.0 Å². The lowest BCUT2D eigenvalue weighted by Gasteiger charge is -2.14. The van der Waals surface area contributed by atoms with Gasteiger partial charge in [0.2, 0.25) is 11.9 Å². The number of nitrogens with one attached hydrogen (secondary N) is 2. The summed E-state index contributed by atoms with van der Waals surface area (Å²) in [5, 5.41) is 2.93. The molecule has 0 aliphatic carbocycles. The van der Waals surface area contributed by atoms with E-state index in [2.05, 4.69) is 20.3 Å². The summed E-state index contributed by atoms with van der Waals surface area (Å²) in [7, 11) is 1.87. The van der Waals surface area contributed by atoms with Crippen molar-refractivity contribution in [2.45, 2.75) is 20.4 Å². The SMILES string of the molecule is Cc1cccc(NC(=O)C[NH+](C)Cc2nc(N)nc(N)n2)c1C. The third-order valence-corrected chi connectivity index (χ3v) is 3.52. The Morgan fingerprint density at radius 3 is 2.48 bits per heavy atom. The van der Waals surface area contributed by atoms with Gasteiger partial charge >= 0.3 is 0 Å². The highest BCUT2D eigenvalue weighted by Crippen LogP contribution is 2.17. The monoisotopic (exact) mass is 316 g/mol. The molecule has 0 fully saturated rings. The smallest absolute Gasteiger partial charge is 0.279 e. The summed E-state index contributed by atoms with van der Waals surface area (Å²) in [4.78, 5) is 24.8. The number of nitrogen functional groups attached to an aromatic ring is 2. The highest BCUT2D eigenvalue weighted by atomic mass is 16.2. The largest absolute Gasteiger partial charge is 0.368 e. The van der Waals surface area contributed by atoms with E-state index in [0.717, 1.165) is 21.7 Å². The summed E-state index contributed by atoms with van der Waals surface area (Å²) >= 11 is 0. The molecule has 2 aromatic rings. The highest BCUT2D eigenvalue weighted by molar-refractivity contribution is 5.92. The molecule has 1 amide bonds. The minimum atomic E-state index is -0.0776. The van der Waals surface area contributed by atoms with Crippen LogP contribution in [0.3, 0.4) is 0 Å². The third-order valence-electron chi connectivity index (χ3n) is 3.52. The second kappa shape index (κ2) is 7.01. The van der Waals surface area contributed by atoms with Gasteiger partial charge in [0.15, 0.2) is 12.4 Å². The lowest BCUT2D eigenvalue weighted by Crippen LogP contribution is -3.08. The molecule has 0 saturated carbocycles. The van der Waals surface area contributed by atoms with Gasteiger partial charge in [0, 0.05) is 5.69 Å². The fourth-order valence-electron chi connectivity index (χ4n) is 2.22. The third kappa shape index (κ3) is 4.62. The minimum Gasteiger partial charge on any atom is -0.368 e. The van der Waals surface area contributed by atoms with Crippen LogP contribution in [0.5, 0.6) is 0 Å². The normalized spacial score (nSPS) is 12.0. The van der Waals surface area contributed by atoms with Crippen molar-refractivity contribution in [3.05, 3.63) is 35.2 Å². The van der Waals surface area contributed by atoms with Crippen LogP contribution in [-0.2, 0) is 11.3 Å². The maximum atomic E-state index is 12.2. The number of carbonyl (C=O) groups excluding carboxylic acids is 1. The molecule has 122 valence electrons. The van der Waals surface area contributed by atoms with E-state index in [1.165, 1.54) is 0 Å². The second-order valence-electron chi connectivity index (χ2n) is 5.57. The topological polar surface area (TPSA) is 124 Å². The molecule has 0 bridgehead atoms. The van der Waals surface area contributed by atoms with Crippen molar-refractivity contribution in [3.8, 4) is 0 Å². The van der Waals surface area contributed by atoms with Crippen molar-refractivity contribution < 1.29 is 9.69 Å². The van der Waals surface area contributed by atoms with Crippen molar-refractivity contribution in [2.24, 2.45) is 0 Å². The van der Waals surface area contributed by atoms with Gasteiger partial charge in [-0.1, -0.05) is 12.1 Å². The van der Waals surface area contributed by atoms with Crippen LogP contribution in [0.25, 0.3) is 0 Å². The van der Waals surface area contributed by atoms with Crippen molar-refractivity contribution in [2.75, 3.05) is 30.4 Å². The maximum Gasteiger partial charge on any atom is 0.279 e. The number of carbonyl (C=O) groups is 1. The predicted molar refractivity (Wildman–Crippen MR) is 88.7 cm³/mol. The number of benzene rings is 1. The lowest BCUT2D eigenvalue weighted by atomic mass is 10.1. The van der Waals surface area contributed by atoms with Crippen LogP contribution in [-0.4, -0.2) is 34.5 Å². The number of nitrogens with zero attached hydrogens (tertiary/aromatic N) is 3. The number of anilines is 3. The van der Waals surface area contributed by atoms with Crippen molar-refractivity contribution in [3.63, 3.8) is 0 Å². The Hall–Kier alpha value is -2.74. The molecule has 1 unspecified atom stereocenters. The quantitative estimate of drug-likeness (QED) is 0.578. The molecule has 0 aliphatic heterocycles. The van der Waals surface area contributed by atoms with Crippen LogP contribution in [0.15, 0.2) is 18.2 Å². The van der Waals surface area contributed by atoms with Gasteiger partial charge in [-0.05, 0) is 31.0 Å². The van der Waals surface area contributed by atoms with Gasteiger partial charge in [0.05, 0.1) is 7.05 Å². The zero-order valence-corrected chi connectivity index (χ0v) is 13.6. The van der Waals surface area contributed by atoms with E-state index in [1.54, 1.807) is 0 Å². The highest BCUT2D eigenvalue weighted by Gasteiger charge is 2.14. The van der Waals surface area contributed by atoms with E-state index in [-0.39, 0.29) is 24.3 Å². The summed E-state index contributed by atoms with van der Waals surface area (Å²) in [6.45, 7) is 4.70. The molecule has 1 aromatic carbocycles. The summed E-state index contributed by atoms with van der Waals surface area (Å²) in [6, 6.07) is 5.83. The first-order chi connectivity index (χ1) is 10.8. The number of quaternary nitrogens is 1. The van der Waals surface area contributed by atoms with Gasteiger partial charge in [-0.15, -0.1) is 0 Å². The molecule has 23 heavy (non-hydrogen) atoms. The molecule has 0 aliphatic rings. The summed E-state index contributed by atoms with van der Waals surface area (Å²) in [5.74, 6) is 0.554. The maximum absolute atomic E-state index is 12.2. The zero-order chi connectivity index (χ0) is 17.0. The van der Waals surface area contributed by atoms with Crippen molar-refractivity contribution in [1.29, 1.82) is 0 Å². The number of aromatic nitrogens is 3. The van der Waals surface area contributed by atoms with Crippen LogP contribution in [0, 0.1) is 13.8 Å². The first-order valence-electron chi connectivity index (χ1n) is 7.28. The zero-order valence-electron chi connectivity index (χ0n) is 13.6. The van der Waals surface area contributed by atoms with Crippen LogP contribution < -0.4 is 21.7 Å². The summed E-state index contributed by atoms with van der Waals surface area (Å²) in [6.07, 6.45) is 0. The van der Waals surface area contributed by atoms with E-state index in [0.29, 0.717) is 12.4 Å². The Morgan fingerprint density at radius 1 is 1.17 bits per heavy atom. The molecule has 1 atom stereocenters. The first-order valence-corrected chi connectivity index (χ1v) is 7.28. The summed E-state index contributed by atoms with van der Waals surface area (Å²) in [5.41, 5.74) is 14.1. The van der Waals surface area contributed by atoms with Gasteiger partial charge in [-0.3, -0.25) is 4.79 Å². The van der Waals surface area contributed by atoms with Crippen LogP contribution >= 0.6 is 0 Å². The molecule has 1 heterocycles. The van der Waals surface area contributed by atoms with E-state index in [9.17, 15) is 4.79 Å². The molecule has 8 nitrogen and oxygen atoms in total. The average molecular weight is 316 g/mol. The number of hydrogen-bond donors (Lipinski definition) is 4. The fraction of sp³-hybridized carbons (Fsp3) is 0.333. The number of hydrogen-bond acceptors (Lipinski definition) is 6. The molecule has 8 heteroatoms. The standard InChI is InChI=1S/C15H21N7O/c1-9-5-4-6-11(10(9)2)18-13(23)8-22(3)7-12-19-14(16)21-15(17)20-12/h4-6H,7-8H2,1-3H3,(H,18,23)(H4,16,17,19,20,21)/p+1. The number of aryl methyl sites for hydroxylation is 1. The van der Waals surface area contributed by atoms with Crippen LogP contribution in [0.2, 0.25) is 0 Å². The Kier molecular flexibility index (Phi) is 5.07. The Balaban J connectivity index is 1.95. The van der Waals surface area contributed by atoms with E-state index >= 15 is 0 Å². The Labute approximate surface area is 134 Å². The first kappa shape index (κ1) is 16.6. The average Bonchev–Trinajstić information content (AvgIpc) is 2.42. The Morgan fingerprint density at radius 2 is 1.83 bits per heavy atom. The molecular weight excluding hydrogens is 294 g/mol. The van der Waals surface area contributed by atoms with E-state index < -0.39 is 0 Å². The molecular formula is C15H22N7O+. The number of amides is 1. The Bertz CT molecular complexity index is 697. The van der Waals surface area contributed by atoms with Gasteiger partial charge in [0.1, 0.15) is 6.54 Å². The molecule has 0 spiro atoms. The van der Waals surface area contributed by atoms with Gasteiger partial charge in [-0.2, -0.15) is 15.0 Å². The lowest BCUT2D eigenvalue weighted by molar-refractivity contribution is -0.885. The molecule has 0 radical (unpaired) electrons. The number of likely N-dealkylation sites (N-methyl/N-ethyl adjacent to an activating group) is 1. The van der Waals surface area contributed by atoms with Gasteiger partial charge in [0.25, 0.3) is 5.91 Å². The van der Waals surface area contributed by atoms with Gasteiger partial charge in [-0.25, -0.2) is 0 Å². The molecule has 6 N–H and O–H groups in total. The molecule has 2 rings (SSSR count).